The molecular formula is C20H20F2N2O4S. The van der Waals surface area contributed by atoms with Gasteiger partial charge in [0, 0.05) is 23.9 Å². The van der Waals surface area contributed by atoms with Crippen LogP contribution in [-0.2, 0) is 0 Å². The lowest BCUT2D eigenvalue weighted by Gasteiger charge is -2.28. The van der Waals surface area contributed by atoms with Gasteiger partial charge in [0.25, 0.3) is 5.91 Å². The summed E-state index contributed by atoms with van der Waals surface area (Å²) in [7, 11) is 3.11. The average molecular weight is 422 g/mol. The summed E-state index contributed by atoms with van der Waals surface area (Å²) in [5.41, 5.74) is 0.911. The number of carbonyl (C=O) groups excluding carboxylic acids is 1. The van der Waals surface area contributed by atoms with Crippen LogP contribution in [0.4, 0.5) is 14.5 Å². The Labute approximate surface area is 171 Å². The zero-order valence-corrected chi connectivity index (χ0v) is 16.7. The van der Waals surface area contributed by atoms with Crippen molar-refractivity contribution < 1.29 is 27.8 Å². The quantitative estimate of drug-likeness (QED) is 0.682. The highest BCUT2D eigenvalue weighted by Crippen LogP contribution is 2.34. The second kappa shape index (κ2) is 9.60. The smallest absolute Gasteiger partial charge is 0.387 e. The van der Waals surface area contributed by atoms with Crippen LogP contribution in [0.3, 0.4) is 0 Å². The molecule has 1 fully saturated rings. The van der Waals surface area contributed by atoms with Gasteiger partial charge in [-0.05, 0) is 42.8 Å². The molecule has 1 saturated heterocycles. The van der Waals surface area contributed by atoms with E-state index in [0.717, 1.165) is 12.2 Å². The van der Waals surface area contributed by atoms with Crippen molar-refractivity contribution in [3.05, 3.63) is 48.0 Å². The maximum absolute atomic E-state index is 13.0. The molecule has 0 spiro atoms. The van der Waals surface area contributed by atoms with Gasteiger partial charge in [-0.3, -0.25) is 9.69 Å². The van der Waals surface area contributed by atoms with Crippen LogP contribution in [0.25, 0.3) is 0 Å². The maximum atomic E-state index is 13.0. The van der Waals surface area contributed by atoms with Gasteiger partial charge in [-0.25, -0.2) is 4.99 Å². The third-order valence-corrected chi connectivity index (χ3v) is 5.22. The molecule has 0 atom stereocenters. The summed E-state index contributed by atoms with van der Waals surface area (Å²) in [6.07, 6.45) is 0.817. The molecule has 29 heavy (non-hydrogen) atoms. The number of rotatable bonds is 6. The molecule has 9 heteroatoms. The number of benzene rings is 2. The van der Waals surface area contributed by atoms with Crippen molar-refractivity contribution >= 4 is 28.5 Å². The van der Waals surface area contributed by atoms with Gasteiger partial charge in [0.1, 0.15) is 22.9 Å². The van der Waals surface area contributed by atoms with Crippen molar-refractivity contribution in [2.75, 3.05) is 26.5 Å². The number of nitrogens with zero attached hydrogens (tertiary/aromatic N) is 2. The van der Waals surface area contributed by atoms with Crippen molar-refractivity contribution in [1.29, 1.82) is 0 Å². The van der Waals surface area contributed by atoms with E-state index < -0.39 is 6.61 Å². The first-order valence-corrected chi connectivity index (χ1v) is 9.80. The zero-order chi connectivity index (χ0) is 20.8. The van der Waals surface area contributed by atoms with Crippen LogP contribution in [-0.4, -0.2) is 49.1 Å². The van der Waals surface area contributed by atoms with Gasteiger partial charge in [0.2, 0.25) is 0 Å². The molecule has 154 valence electrons. The van der Waals surface area contributed by atoms with E-state index in [0.29, 0.717) is 34.5 Å². The van der Waals surface area contributed by atoms with Gasteiger partial charge in [-0.1, -0.05) is 11.8 Å². The third-order valence-electron chi connectivity index (χ3n) is 4.16. The lowest BCUT2D eigenvalue weighted by Crippen LogP contribution is -2.39. The fourth-order valence-corrected chi connectivity index (χ4v) is 3.71. The summed E-state index contributed by atoms with van der Waals surface area (Å²) in [6, 6.07) is 10.9. The minimum Gasteiger partial charge on any atom is -0.497 e. The number of amides is 1. The Kier molecular flexibility index (Phi) is 6.92. The van der Waals surface area contributed by atoms with E-state index in [1.807, 2.05) is 0 Å². The molecule has 0 bridgehead atoms. The van der Waals surface area contributed by atoms with E-state index in [-0.39, 0.29) is 11.7 Å². The highest BCUT2D eigenvalue weighted by Gasteiger charge is 2.25. The fraction of sp³-hybridized carbons (Fsp3) is 0.300. The Bertz CT molecular complexity index is 891. The van der Waals surface area contributed by atoms with E-state index in [4.69, 9.17) is 9.47 Å². The lowest BCUT2D eigenvalue weighted by molar-refractivity contribution is -0.0498. The molecule has 1 aliphatic rings. The molecule has 2 aromatic rings. The van der Waals surface area contributed by atoms with E-state index in [9.17, 15) is 13.6 Å². The molecule has 0 aromatic heterocycles. The molecule has 0 radical (unpaired) electrons. The first-order chi connectivity index (χ1) is 14.0. The lowest BCUT2D eigenvalue weighted by atomic mass is 10.2. The first-order valence-electron chi connectivity index (χ1n) is 8.82. The molecule has 0 saturated carbocycles. The molecule has 6 nitrogen and oxygen atoms in total. The normalized spacial score (nSPS) is 15.5. The highest BCUT2D eigenvalue weighted by molar-refractivity contribution is 8.13. The second-order valence-electron chi connectivity index (χ2n) is 5.99. The van der Waals surface area contributed by atoms with E-state index >= 15 is 0 Å². The Morgan fingerprint density at radius 2 is 1.83 bits per heavy atom. The first kappa shape index (κ1) is 20.9. The average Bonchev–Trinajstić information content (AvgIpc) is 2.73. The third kappa shape index (κ3) is 5.17. The van der Waals surface area contributed by atoms with Gasteiger partial charge in [-0.15, -0.1) is 0 Å². The van der Waals surface area contributed by atoms with E-state index in [2.05, 4.69) is 9.73 Å². The molecule has 0 aliphatic carbocycles. The number of methoxy groups -OCH3 is 2. The van der Waals surface area contributed by atoms with Crippen molar-refractivity contribution in [2.24, 2.45) is 4.99 Å². The Morgan fingerprint density at radius 3 is 2.48 bits per heavy atom. The summed E-state index contributed by atoms with van der Waals surface area (Å²) < 4.78 is 39.6. The molecule has 1 aliphatic heterocycles. The SMILES string of the molecule is COc1ccc(OC)c(N=C2SCCCN2C(=O)c2ccc(OC(F)F)cc2)c1. The monoisotopic (exact) mass is 422 g/mol. The number of hydrogen-bond acceptors (Lipinski definition) is 6. The highest BCUT2D eigenvalue weighted by atomic mass is 32.2. The minimum atomic E-state index is -2.91. The predicted molar refractivity (Wildman–Crippen MR) is 108 cm³/mol. The largest absolute Gasteiger partial charge is 0.497 e. The number of amidine groups is 1. The van der Waals surface area contributed by atoms with Crippen LogP contribution >= 0.6 is 11.8 Å². The second-order valence-corrected chi connectivity index (χ2v) is 7.06. The summed E-state index contributed by atoms with van der Waals surface area (Å²) in [5, 5.41) is 0.542. The summed E-state index contributed by atoms with van der Waals surface area (Å²) in [6.45, 7) is -2.40. The van der Waals surface area contributed by atoms with Crippen LogP contribution < -0.4 is 14.2 Å². The van der Waals surface area contributed by atoms with Gasteiger partial charge in [0.15, 0.2) is 5.17 Å². The number of aliphatic imine (C=N–C) groups is 1. The van der Waals surface area contributed by atoms with Crippen molar-refractivity contribution in [3.63, 3.8) is 0 Å². The number of carbonyl (C=O) groups is 1. The van der Waals surface area contributed by atoms with E-state index in [1.165, 1.54) is 36.0 Å². The number of halogens is 2. The fourth-order valence-electron chi connectivity index (χ4n) is 2.76. The number of alkyl halides is 2. The van der Waals surface area contributed by atoms with Gasteiger partial charge >= 0.3 is 6.61 Å². The molecule has 1 amide bonds. The van der Waals surface area contributed by atoms with Crippen molar-refractivity contribution in [3.8, 4) is 17.2 Å². The minimum absolute atomic E-state index is 0.000392. The van der Waals surface area contributed by atoms with Crippen LogP contribution in [0.5, 0.6) is 17.2 Å². The van der Waals surface area contributed by atoms with Crippen LogP contribution in [0, 0.1) is 0 Å². The van der Waals surface area contributed by atoms with Crippen LogP contribution in [0.2, 0.25) is 0 Å². The molecular weight excluding hydrogens is 402 g/mol. The number of hydrogen-bond donors (Lipinski definition) is 0. The Hall–Kier alpha value is -2.81. The summed E-state index contributed by atoms with van der Waals surface area (Å²) >= 11 is 1.47. The number of ether oxygens (including phenoxy) is 3. The van der Waals surface area contributed by atoms with Gasteiger partial charge < -0.3 is 14.2 Å². The summed E-state index contributed by atoms with van der Waals surface area (Å²) in [4.78, 5) is 19.2. The molecule has 0 unspecified atom stereocenters. The topological polar surface area (TPSA) is 60.4 Å². The van der Waals surface area contributed by atoms with Crippen LogP contribution in [0.15, 0.2) is 47.5 Å². The predicted octanol–water partition coefficient (Wildman–Crippen LogP) is 4.57. The Morgan fingerprint density at radius 1 is 1.10 bits per heavy atom. The van der Waals surface area contributed by atoms with Gasteiger partial charge in [-0.2, -0.15) is 8.78 Å². The maximum Gasteiger partial charge on any atom is 0.387 e. The van der Waals surface area contributed by atoms with Crippen LogP contribution in [0.1, 0.15) is 16.8 Å². The molecule has 1 heterocycles. The molecule has 3 rings (SSSR count). The van der Waals surface area contributed by atoms with E-state index in [1.54, 1.807) is 37.3 Å². The zero-order valence-electron chi connectivity index (χ0n) is 15.9. The molecule has 2 aromatic carbocycles. The molecule has 0 N–H and O–H groups in total. The van der Waals surface area contributed by atoms with Gasteiger partial charge in [0.05, 0.1) is 14.2 Å². The summed E-state index contributed by atoms with van der Waals surface area (Å²) in [5.74, 6) is 1.75. The number of thioether (sulfide) groups is 1. The standard InChI is InChI=1S/C20H20F2N2O4S/c1-26-15-8-9-17(27-2)16(12-15)23-20-24(10-3-11-29-20)18(25)13-4-6-14(7-5-13)28-19(21)22/h4-9,12,19H,3,10-11H2,1-2H3. The van der Waals surface area contributed by atoms with Crippen molar-refractivity contribution in [1.82, 2.24) is 4.90 Å². The Balaban J connectivity index is 1.88. The van der Waals surface area contributed by atoms with Crippen molar-refractivity contribution in [2.45, 2.75) is 13.0 Å².